The van der Waals surface area contributed by atoms with E-state index in [0.717, 1.165) is 42.0 Å². The minimum Gasteiger partial charge on any atom is -0.241 e. The summed E-state index contributed by atoms with van der Waals surface area (Å²) in [6, 6.07) is 6.44. The second kappa shape index (κ2) is 17.8. The van der Waals surface area contributed by atoms with Crippen molar-refractivity contribution in [3.8, 4) is 0 Å². The van der Waals surface area contributed by atoms with Crippen LogP contribution in [0.1, 0.15) is 135 Å². The third-order valence-corrected chi connectivity index (χ3v) is 5.93. The van der Waals surface area contributed by atoms with Crippen molar-refractivity contribution in [1.82, 2.24) is 30.4 Å². The van der Waals surface area contributed by atoms with Crippen molar-refractivity contribution in [1.29, 1.82) is 0 Å². The van der Waals surface area contributed by atoms with Gasteiger partial charge in [0.15, 0.2) is 0 Å². The largest absolute Gasteiger partial charge is 0.241 e. The van der Waals surface area contributed by atoms with Crippen LogP contribution in [-0.4, -0.2) is 30.4 Å². The zero-order chi connectivity index (χ0) is 29.5. The van der Waals surface area contributed by atoms with E-state index >= 15 is 0 Å². The lowest BCUT2D eigenvalue weighted by Crippen LogP contribution is -2.01. The molecule has 0 saturated heterocycles. The van der Waals surface area contributed by atoms with Crippen molar-refractivity contribution in [2.75, 3.05) is 0 Å². The molecule has 6 nitrogen and oxygen atoms in total. The molecule has 0 aliphatic carbocycles. The normalized spacial score (nSPS) is 11.2. The number of nitrogens with zero attached hydrogens (tertiary/aromatic N) is 6. The molecule has 0 unspecified atom stereocenters. The molecule has 0 saturated carbocycles. The maximum atomic E-state index is 4.25. The van der Waals surface area contributed by atoms with Crippen LogP contribution >= 0.6 is 0 Å². The van der Waals surface area contributed by atoms with E-state index in [1.165, 1.54) is 11.1 Å². The second-order valence-electron chi connectivity index (χ2n) is 12.7. The van der Waals surface area contributed by atoms with Gasteiger partial charge in [0, 0.05) is 11.4 Å². The van der Waals surface area contributed by atoms with Gasteiger partial charge in [0.25, 0.3) is 0 Å². The number of hydrogen-bond donors (Lipinski definition) is 0. The molecule has 0 bridgehead atoms. The van der Waals surface area contributed by atoms with E-state index in [1.54, 1.807) is 6.33 Å². The third-order valence-electron chi connectivity index (χ3n) is 5.93. The average molecular weight is 535 g/mol. The van der Waals surface area contributed by atoms with Gasteiger partial charge in [-0.1, -0.05) is 83.1 Å². The lowest BCUT2D eigenvalue weighted by Gasteiger charge is -2.07. The first-order chi connectivity index (χ1) is 18.3. The first-order valence-corrected chi connectivity index (χ1v) is 14.7. The number of aromatic nitrogens is 6. The Labute approximate surface area is 238 Å². The van der Waals surface area contributed by atoms with Crippen LogP contribution in [0, 0.1) is 17.8 Å². The molecule has 3 aromatic rings. The summed E-state index contributed by atoms with van der Waals surface area (Å²) >= 11 is 0. The molecular weight excluding hydrogens is 480 g/mol. The molecule has 3 aromatic heterocycles. The molecule has 216 valence electrons. The molecule has 6 heteroatoms. The fourth-order valence-corrected chi connectivity index (χ4v) is 3.81. The molecule has 0 aromatic carbocycles. The maximum absolute atomic E-state index is 4.25. The monoisotopic (exact) mass is 534 g/mol. The summed E-state index contributed by atoms with van der Waals surface area (Å²) in [5, 5.41) is 16.2. The second-order valence-corrected chi connectivity index (χ2v) is 12.7. The van der Waals surface area contributed by atoms with E-state index < -0.39 is 0 Å². The van der Waals surface area contributed by atoms with Crippen molar-refractivity contribution < 1.29 is 0 Å². The molecule has 0 amide bonds. The van der Waals surface area contributed by atoms with Gasteiger partial charge in [-0.2, -0.15) is 20.4 Å². The molecule has 0 fully saturated rings. The van der Waals surface area contributed by atoms with E-state index in [0.29, 0.717) is 35.5 Å². The van der Waals surface area contributed by atoms with Crippen molar-refractivity contribution in [2.45, 2.75) is 120 Å². The van der Waals surface area contributed by atoms with E-state index in [2.05, 4.69) is 132 Å². The van der Waals surface area contributed by atoms with Crippen LogP contribution < -0.4 is 0 Å². The van der Waals surface area contributed by atoms with Gasteiger partial charge >= 0.3 is 0 Å². The lowest BCUT2D eigenvalue weighted by molar-refractivity contribution is 0.625. The Morgan fingerprint density at radius 2 is 1.08 bits per heavy atom. The standard InChI is InChI=1S/3C11H18N2/c1-8(2)5-11-6-10(9(3)4)7-12-13-11;1-8(2)5-10-6-11(9(3)4)13-7-12-10;1-8(2)5-10-6-11(9(3)4)13-12-7-10/h3*6-9H,5H2,1-4H3. The van der Waals surface area contributed by atoms with Crippen LogP contribution in [0.25, 0.3) is 0 Å². The fraction of sp³-hybridized carbons (Fsp3) is 0.636. The van der Waals surface area contributed by atoms with E-state index in [1.807, 2.05) is 12.4 Å². The van der Waals surface area contributed by atoms with Gasteiger partial charge in [-0.05, 0) is 84.1 Å². The Balaban J connectivity index is 0.000000292. The minimum absolute atomic E-state index is 0.472. The van der Waals surface area contributed by atoms with E-state index in [9.17, 15) is 0 Å². The Hall–Kier alpha value is -2.76. The lowest BCUT2D eigenvalue weighted by atomic mass is 10.0. The maximum Gasteiger partial charge on any atom is 0.115 e. The van der Waals surface area contributed by atoms with Crippen LogP contribution in [-0.2, 0) is 19.3 Å². The summed E-state index contributed by atoms with van der Waals surface area (Å²) in [5.41, 5.74) is 7.10. The molecule has 3 heterocycles. The van der Waals surface area contributed by atoms with Gasteiger partial charge < -0.3 is 0 Å². The van der Waals surface area contributed by atoms with Crippen LogP contribution in [0.3, 0.4) is 0 Å². The highest BCUT2D eigenvalue weighted by atomic mass is 15.1. The quantitative estimate of drug-likeness (QED) is 0.274. The van der Waals surface area contributed by atoms with Crippen molar-refractivity contribution in [3.63, 3.8) is 0 Å². The summed E-state index contributed by atoms with van der Waals surface area (Å²) in [4.78, 5) is 8.49. The Morgan fingerprint density at radius 3 is 1.62 bits per heavy atom. The minimum atomic E-state index is 0.472. The zero-order valence-corrected chi connectivity index (χ0v) is 26.7. The molecule has 0 N–H and O–H groups in total. The van der Waals surface area contributed by atoms with Gasteiger partial charge in [-0.15, -0.1) is 0 Å². The van der Waals surface area contributed by atoms with E-state index in [4.69, 9.17) is 0 Å². The molecule has 3 rings (SSSR count). The third kappa shape index (κ3) is 14.8. The highest BCUT2D eigenvalue weighted by Crippen LogP contribution is 2.15. The number of hydrogen-bond acceptors (Lipinski definition) is 6. The summed E-state index contributed by atoms with van der Waals surface area (Å²) in [5.74, 6) is 3.51. The van der Waals surface area contributed by atoms with Gasteiger partial charge in [-0.3, -0.25) is 0 Å². The first-order valence-electron chi connectivity index (χ1n) is 14.7. The summed E-state index contributed by atoms with van der Waals surface area (Å²) in [6.45, 7) is 26.2. The predicted octanol–water partition coefficient (Wildman–Crippen LogP) is 8.40. The van der Waals surface area contributed by atoms with Crippen LogP contribution in [0.2, 0.25) is 0 Å². The Bertz CT molecular complexity index is 936. The highest BCUT2D eigenvalue weighted by Gasteiger charge is 2.06. The Kier molecular flexibility index (Phi) is 15.6. The Morgan fingerprint density at radius 1 is 0.513 bits per heavy atom. The van der Waals surface area contributed by atoms with Crippen LogP contribution in [0.4, 0.5) is 0 Å². The molecule has 0 atom stereocenters. The molecule has 0 aliphatic rings. The zero-order valence-electron chi connectivity index (χ0n) is 26.7. The number of rotatable bonds is 9. The average Bonchev–Trinajstić information content (AvgIpc) is 2.84. The highest BCUT2D eigenvalue weighted by molar-refractivity contribution is 5.17. The SMILES string of the molecule is CC(C)Cc1cc(C(C)C)cnn1.CC(C)Cc1cc(C(C)C)ncn1.CC(C)Cc1cnnc(C(C)C)c1. The molecule has 0 aliphatic heterocycles. The van der Waals surface area contributed by atoms with Crippen molar-refractivity contribution in [3.05, 3.63) is 70.8 Å². The van der Waals surface area contributed by atoms with Gasteiger partial charge in [-0.25, -0.2) is 9.97 Å². The smallest absolute Gasteiger partial charge is 0.115 e. The summed E-state index contributed by atoms with van der Waals surface area (Å²) in [6.07, 6.45) is 8.55. The van der Waals surface area contributed by atoms with Crippen LogP contribution in [0.15, 0.2) is 36.9 Å². The van der Waals surface area contributed by atoms with Gasteiger partial charge in [0.2, 0.25) is 0 Å². The summed E-state index contributed by atoms with van der Waals surface area (Å²) in [7, 11) is 0. The van der Waals surface area contributed by atoms with Crippen LogP contribution in [0.5, 0.6) is 0 Å². The molecule has 39 heavy (non-hydrogen) atoms. The van der Waals surface area contributed by atoms with Crippen molar-refractivity contribution in [2.24, 2.45) is 17.8 Å². The topological polar surface area (TPSA) is 77.3 Å². The van der Waals surface area contributed by atoms with Gasteiger partial charge in [0.1, 0.15) is 6.33 Å². The van der Waals surface area contributed by atoms with E-state index in [-0.39, 0.29) is 0 Å². The van der Waals surface area contributed by atoms with Gasteiger partial charge in [0.05, 0.1) is 23.8 Å². The molecule has 0 spiro atoms. The predicted molar refractivity (Wildman–Crippen MR) is 164 cm³/mol. The first kappa shape index (κ1) is 34.3. The fourth-order valence-electron chi connectivity index (χ4n) is 3.81. The van der Waals surface area contributed by atoms with Crippen molar-refractivity contribution >= 4 is 0 Å². The summed E-state index contributed by atoms with van der Waals surface area (Å²) < 4.78 is 0. The molecular formula is C33H54N6. The molecule has 0 radical (unpaired) electrons.